The molecule has 0 saturated carbocycles. The Labute approximate surface area is 177 Å². The van der Waals surface area contributed by atoms with E-state index in [9.17, 15) is 9.18 Å². The minimum Gasteiger partial charge on any atom is -0.451 e. The van der Waals surface area contributed by atoms with Gasteiger partial charge in [0.15, 0.2) is 17.9 Å². The van der Waals surface area contributed by atoms with Crippen molar-refractivity contribution in [2.45, 2.75) is 9.58 Å². The van der Waals surface area contributed by atoms with E-state index in [1.807, 2.05) is 0 Å². The average Bonchev–Trinajstić information content (AvgIpc) is 3.32. The molecule has 6 nitrogen and oxygen atoms in total. The zero-order valence-electron chi connectivity index (χ0n) is 14.7. The fourth-order valence-corrected chi connectivity index (χ4v) is 4.20. The number of nitrogens with zero attached hydrogens (tertiary/aromatic N) is 3. The molecule has 0 radical (unpaired) electrons. The van der Waals surface area contributed by atoms with Gasteiger partial charge in [-0.15, -0.1) is 9.24 Å². The molecule has 1 aliphatic heterocycles. The number of aromatic nitrogens is 2. The number of hydrogen-bond acceptors (Lipinski definition) is 5. The molecule has 3 heterocycles. The van der Waals surface area contributed by atoms with Gasteiger partial charge >= 0.3 is 0 Å². The van der Waals surface area contributed by atoms with Crippen molar-refractivity contribution in [2.75, 3.05) is 23.3 Å². The Hall–Kier alpha value is -2.06. The molecule has 1 aliphatic rings. The van der Waals surface area contributed by atoms with Crippen molar-refractivity contribution in [3.05, 3.63) is 60.7 Å². The van der Waals surface area contributed by atoms with Crippen molar-refractivity contribution in [1.82, 2.24) is 9.97 Å². The first-order valence-electron chi connectivity index (χ1n) is 8.61. The normalized spacial score (nSPS) is 19.0. The molecule has 28 heavy (non-hydrogen) atoms. The van der Waals surface area contributed by atoms with Crippen LogP contribution in [0.15, 0.2) is 53.6 Å². The van der Waals surface area contributed by atoms with Gasteiger partial charge in [0.25, 0.3) is 5.91 Å². The van der Waals surface area contributed by atoms with E-state index in [1.54, 1.807) is 30.5 Å². The van der Waals surface area contributed by atoms with Crippen LogP contribution in [0.2, 0.25) is 0 Å². The van der Waals surface area contributed by atoms with Crippen LogP contribution in [0.25, 0.3) is 11.1 Å². The lowest BCUT2D eigenvalue weighted by molar-refractivity contribution is 0.102. The Morgan fingerprint density at radius 3 is 2.79 bits per heavy atom. The second-order valence-electron chi connectivity index (χ2n) is 6.57. The van der Waals surface area contributed by atoms with Gasteiger partial charge < -0.3 is 14.6 Å². The highest BCUT2D eigenvalue weighted by Crippen LogP contribution is 2.43. The van der Waals surface area contributed by atoms with Gasteiger partial charge in [-0.25, -0.2) is 14.4 Å². The molecule has 2 unspecified atom stereocenters. The summed E-state index contributed by atoms with van der Waals surface area (Å²) in [4.78, 5) is 23.2. The summed E-state index contributed by atoms with van der Waals surface area (Å²) in [5.74, 6) is -0.197. The summed E-state index contributed by atoms with van der Waals surface area (Å²) in [6, 6.07) is 8.17. The minimum absolute atomic E-state index is 0.0286. The average molecular weight is 510 g/mol. The molecule has 144 valence electrons. The summed E-state index contributed by atoms with van der Waals surface area (Å²) < 4.78 is 19.5. The molecule has 1 aromatic carbocycles. The lowest BCUT2D eigenvalue weighted by Crippen LogP contribution is -2.26. The van der Waals surface area contributed by atoms with E-state index in [-0.39, 0.29) is 14.7 Å². The number of carbonyl (C=O) groups is 1. The van der Waals surface area contributed by atoms with Crippen LogP contribution in [0.4, 0.5) is 15.9 Å². The van der Waals surface area contributed by atoms with Crippen molar-refractivity contribution in [3.8, 4) is 11.1 Å². The van der Waals surface area contributed by atoms with Crippen LogP contribution in [0.5, 0.6) is 0 Å². The summed E-state index contributed by atoms with van der Waals surface area (Å²) in [6.07, 6.45) is 5.05. The molecule has 2 atom stereocenters. The van der Waals surface area contributed by atoms with E-state index in [4.69, 9.17) is 4.42 Å². The minimum atomic E-state index is -0.439. The number of carbonyl (C=O) groups excluding carboxylic acids is 1. The van der Waals surface area contributed by atoms with Gasteiger partial charge in [0.1, 0.15) is 12.1 Å². The molecule has 3 aromatic rings. The van der Waals surface area contributed by atoms with Crippen molar-refractivity contribution in [3.63, 3.8) is 0 Å². The smallest absolute Gasteiger partial charge is 0.277 e. The maximum absolute atomic E-state index is 14.5. The number of halogens is 2. The highest BCUT2D eigenvalue weighted by Gasteiger charge is 2.34. The number of rotatable bonds is 4. The summed E-state index contributed by atoms with van der Waals surface area (Å²) in [5.41, 5.74) is 1.56. The number of hydrogen-bond donors (Lipinski definition) is 1. The second kappa shape index (κ2) is 7.75. The van der Waals surface area contributed by atoms with Gasteiger partial charge in [0.2, 0.25) is 0 Å². The number of benzene rings is 1. The van der Waals surface area contributed by atoms with Crippen LogP contribution in [0, 0.1) is 5.82 Å². The van der Waals surface area contributed by atoms with Crippen molar-refractivity contribution in [1.29, 1.82) is 0 Å². The van der Waals surface area contributed by atoms with Crippen LogP contribution in [-0.2, 0) is 0 Å². The standard InChI is InChI=1S/C19H17FIN4O2P/c20-14-4-2-1-3-12(14)13-5-7-22-17(25-8-6-19(21,28)10-25)16(13)24-18(26)15-9-27-11-23-15/h1-5,7,9,11H,6,8,10,28H2,(H,24,26). The Morgan fingerprint density at radius 2 is 2.11 bits per heavy atom. The second-order valence-corrected chi connectivity index (χ2v) is 11.0. The number of oxazole rings is 1. The summed E-state index contributed by atoms with van der Waals surface area (Å²) in [6.45, 7) is 1.53. The third-order valence-corrected chi connectivity index (χ3v) is 5.90. The van der Waals surface area contributed by atoms with E-state index in [2.05, 4.69) is 52.0 Å². The topological polar surface area (TPSA) is 71.3 Å². The van der Waals surface area contributed by atoms with E-state index < -0.39 is 5.91 Å². The molecule has 1 N–H and O–H groups in total. The van der Waals surface area contributed by atoms with Gasteiger partial charge in [-0.1, -0.05) is 40.8 Å². The predicted molar refractivity (Wildman–Crippen MR) is 117 cm³/mol. The largest absolute Gasteiger partial charge is 0.451 e. The molecule has 1 amide bonds. The van der Waals surface area contributed by atoms with Gasteiger partial charge in [0.05, 0.1) is 8.85 Å². The SMILES string of the molecule is O=C(Nc1c(-c2ccccc2F)ccnc1N1CCC(P)(I)C1)c1cocn1. The Bertz CT molecular complexity index is 1010. The molecule has 4 rings (SSSR count). The van der Waals surface area contributed by atoms with Crippen LogP contribution < -0.4 is 10.2 Å². The fraction of sp³-hybridized carbons (Fsp3) is 0.211. The molecule has 0 aliphatic carbocycles. The lowest BCUT2D eigenvalue weighted by atomic mass is 10.0. The predicted octanol–water partition coefficient (Wildman–Crippen LogP) is 4.34. The van der Waals surface area contributed by atoms with E-state index in [1.165, 1.54) is 18.7 Å². The maximum Gasteiger partial charge on any atom is 0.277 e. The third kappa shape index (κ3) is 3.89. The number of alkyl halides is 1. The lowest BCUT2D eigenvalue weighted by Gasteiger charge is -2.24. The molecule has 1 fully saturated rings. The zero-order chi connectivity index (χ0) is 19.7. The van der Waals surface area contributed by atoms with Crippen LogP contribution in [0.3, 0.4) is 0 Å². The van der Waals surface area contributed by atoms with Gasteiger partial charge in [-0.2, -0.15) is 0 Å². The van der Waals surface area contributed by atoms with Crippen molar-refractivity contribution < 1.29 is 13.6 Å². The monoisotopic (exact) mass is 510 g/mol. The third-order valence-electron chi connectivity index (χ3n) is 4.55. The molecular formula is C19H17FIN4O2P. The zero-order valence-corrected chi connectivity index (χ0v) is 18.0. The number of pyridine rings is 1. The van der Waals surface area contributed by atoms with E-state index in [0.29, 0.717) is 22.6 Å². The number of anilines is 2. The Balaban J connectivity index is 1.81. The molecule has 2 aromatic heterocycles. The summed E-state index contributed by atoms with van der Waals surface area (Å²) >= 11 is 2.40. The first kappa shape index (κ1) is 19.3. The molecule has 1 saturated heterocycles. The van der Waals surface area contributed by atoms with Crippen molar-refractivity contribution in [2.24, 2.45) is 0 Å². The van der Waals surface area contributed by atoms with Crippen LogP contribution >= 0.6 is 31.8 Å². The first-order chi connectivity index (χ1) is 13.4. The summed E-state index contributed by atoms with van der Waals surface area (Å²) in [7, 11) is 2.86. The summed E-state index contributed by atoms with van der Waals surface area (Å²) in [5, 5.41) is 2.87. The highest BCUT2D eigenvalue weighted by molar-refractivity contribution is 14.1. The van der Waals surface area contributed by atoms with Crippen molar-refractivity contribution >= 4 is 49.2 Å². The van der Waals surface area contributed by atoms with Gasteiger partial charge in [0, 0.05) is 30.4 Å². The highest BCUT2D eigenvalue weighted by atomic mass is 127. The van der Waals surface area contributed by atoms with Crippen LogP contribution in [0.1, 0.15) is 16.9 Å². The molecule has 0 spiro atoms. The molecule has 0 bridgehead atoms. The molecular weight excluding hydrogens is 493 g/mol. The number of nitrogens with one attached hydrogen (secondary N) is 1. The van der Waals surface area contributed by atoms with Gasteiger partial charge in [-0.3, -0.25) is 4.79 Å². The fourth-order valence-electron chi connectivity index (χ4n) is 3.20. The maximum atomic E-state index is 14.5. The van der Waals surface area contributed by atoms with E-state index >= 15 is 0 Å². The molecule has 9 heteroatoms. The number of amides is 1. The van der Waals surface area contributed by atoms with Crippen LogP contribution in [-0.4, -0.2) is 32.1 Å². The first-order valence-corrected chi connectivity index (χ1v) is 10.3. The van der Waals surface area contributed by atoms with E-state index in [0.717, 1.165) is 19.5 Å². The van der Waals surface area contributed by atoms with Gasteiger partial charge in [-0.05, 0) is 18.6 Å². The Kier molecular flexibility index (Phi) is 5.33. The quantitative estimate of drug-likeness (QED) is 0.321. The Morgan fingerprint density at radius 1 is 1.29 bits per heavy atom.